The fraction of sp³-hybridized carbons (Fsp3) is 0.731. The van der Waals surface area contributed by atoms with Gasteiger partial charge in [-0.2, -0.15) is 0 Å². The maximum atomic E-state index is 13.4. The van der Waals surface area contributed by atoms with Crippen LogP contribution < -0.4 is 16.0 Å². The third kappa shape index (κ3) is 5.12. The van der Waals surface area contributed by atoms with Gasteiger partial charge in [-0.05, 0) is 61.5 Å². The minimum atomic E-state index is -1.13. The average Bonchev–Trinajstić information content (AvgIpc) is 3.73. The quantitative estimate of drug-likeness (QED) is 0.275. The molecule has 0 aliphatic carbocycles. The zero-order chi connectivity index (χ0) is 28.9. The second-order valence-electron chi connectivity index (χ2n) is 12.1. The fourth-order valence-corrected chi connectivity index (χ4v) is 8.83. The molecule has 0 saturated carbocycles. The van der Waals surface area contributed by atoms with Crippen LogP contribution in [-0.2, 0) is 25.7 Å². The van der Waals surface area contributed by atoms with Crippen LogP contribution >= 0.6 is 11.8 Å². The molecule has 6 rings (SSSR count). The Morgan fingerprint density at radius 3 is 2.76 bits per heavy atom. The molecule has 1 unspecified atom stereocenters. The van der Waals surface area contributed by atoms with Gasteiger partial charge in [-0.25, -0.2) is 9.48 Å². The molecule has 3 amide bonds. The van der Waals surface area contributed by atoms with Crippen molar-refractivity contribution in [2.45, 2.75) is 69.5 Å². The predicted octanol–water partition coefficient (Wildman–Crippen LogP) is -0.983. The number of rotatable bonds is 8. The largest absolute Gasteiger partial charge is 0.477 e. The summed E-state index contributed by atoms with van der Waals surface area (Å²) in [6.45, 7) is 7.86. The van der Waals surface area contributed by atoms with Crippen molar-refractivity contribution in [2.75, 3.05) is 32.7 Å². The Kier molecular flexibility index (Phi) is 7.53. The lowest BCUT2D eigenvalue weighted by molar-refractivity contribution is -0.158. The van der Waals surface area contributed by atoms with E-state index >= 15 is 0 Å². The summed E-state index contributed by atoms with van der Waals surface area (Å²) in [6.07, 6.45) is 5.22. The zero-order valence-electron chi connectivity index (χ0n) is 23.3. The number of nitrogens with zero attached hydrogens (tertiary/aromatic N) is 6. The summed E-state index contributed by atoms with van der Waals surface area (Å²) in [7, 11) is 0. The molecule has 4 N–H and O–H groups in total. The molecular formula is C26H37N9O5S. The van der Waals surface area contributed by atoms with Gasteiger partial charge < -0.3 is 30.9 Å². The third-order valence-electron chi connectivity index (χ3n) is 9.51. The van der Waals surface area contributed by atoms with Crippen LogP contribution in [0, 0.1) is 17.3 Å². The summed E-state index contributed by atoms with van der Waals surface area (Å²) in [5.41, 5.74) is 0.276. The summed E-state index contributed by atoms with van der Waals surface area (Å²) in [4.78, 5) is 55.5. The number of aliphatic carboxylic acids is 1. The van der Waals surface area contributed by atoms with Crippen molar-refractivity contribution in [3.63, 3.8) is 0 Å². The number of hydrogen-bond acceptors (Lipinski definition) is 10. The minimum Gasteiger partial charge on any atom is -0.477 e. The van der Waals surface area contributed by atoms with Gasteiger partial charge in [0.05, 0.1) is 18.0 Å². The first-order valence-corrected chi connectivity index (χ1v) is 15.3. The van der Waals surface area contributed by atoms with Gasteiger partial charge in [0.25, 0.3) is 0 Å². The molecule has 0 radical (unpaired) electrons. The molecule has 4 saturated heterocycles. The molecule has 1 spiro atoms. The number of β-lactam (4-membered cyclic amide) rings is 1. The van der Waals surface area contributed by atoms with Gasteiger partial charge in [0, 0.05) is 41.7 Å². The van der Waals surface area contributed by atoms with Crippen LogP contribution in [0.25, 0.3) is 0 Å². The van der Waals surface area contributed by atoms with E-state index in [4.69, 9.17) is 0 Å². The molecule has 1 aromatic heterocycles. The first kappa shape index (κ1) is 28.1. The van der Waals surface area contributed by atoms with Crippen molar-refractivity contribution < 1.29 is 24.3 Å². The second kappa shape index (κ2) is 11.0. The van der Waals surface area contributed by atoms with Gasteiger partial charge in [0.2, 0.25) is 17.7 Å². The summed E-state index contributed by atoms with van der Waals surface area (Å²) in [6, 6.07) is -1.12. The molecule has 5 aliphatic heterocycles. The van der Waals surface area contributed by atoms with E-state index in [1.54, 1.807) is 6.92 Å². The number of likely N-dealkylation sites (tertiary alicyclic amines) is 1. The molecule has 0 bridgehead atoms. The molecule has 6 heterocycles. The van der Waals surface area contributed by atoms with Gasteiger partial charge in [-0.15, -0.1) is 16.9 Å². The Balaban J connectivity index is 1.08. The molecule has 14 nitrogen and oxygen atoms in total. The van der Waals surface area contributed by atoms with Crippen molar-refractivity contribution in [1.29, 1.82) is 0 Å². The molecular weight excluding hydrogens is 550 g/mol. The van der Waals surface area contributed by atoms with Gasteiger partial charge in [0.1, 0.15) is 18.6 Å². The predicted molar refractivity (Wildman–Crippen MR) is 147 cm³/mol. The topological polar surface area (TPSA) is 175 Å². The highest BCUT2D eigenvalue weighted by Gasteiger charge is 2.60. The summed E-state index contributed by atoms with van der Waals surface area (Å²) in [5, 5.41) is 30.5. The van der Waals surface area contributed by atoms with E-state index in [1.165, 1.54) is 27.7 Å². The summed E-state index contributed by atoms with van der Waals surface area (Å²) >= 11 is 1.48. The van der Waals surface area contributed by atoms with Gasteiger partial charge >= 0.3 is 5.97 Å². The second-order valence-corrected chi connectivity index (χ2v) is 13.4. The smallest absolute Gasteiger partial charge is 0.353 e. The molecule has 6 atom stereocenters. The number of piperidine rings is 1. The van der Waals surface area contributed by atoms with E-state index in [9.17, 15) is 24.3 Å². The maximum absolute atomic E-state index is 13.4. The van der Waals surface area contributed by atoms with Crippen molar-refractivity contribution in [2.24, 2.45) is 17.3 Å². The molecule has 222 valence electrons. The van der Waals surface area contributed by atoms with Crippen LogP contribution in [0.4, 0.5) is 0 Å². The number of nitrogens with one attached hydrogen (secondary N) is 3. The number of carboxylic acid groups (broad SMARTS) is 1. The van der Waals surface area contributed by atoms with Crippen molar-refractivity contribution in [1.82, 2.24) is 46.0 Å². The first-order valence-electron chi connectivity index (χ1n) is 14.4. The van der Waals surface area contributed by atoms with E-state index < -0.39 is 17.9 Å². The van der Waals surface area contributed by atoms with E-state index in [0.717, 1.165) is 45.4 Å². The highest BCUT2D eigenvalue weighted by atomic mass is 32.2. The van der Waals surface area contributed by atoms with Crippen LogP contribution in [0.1, 0.15) is 39.5 Å². The van der Waals surface area contributed by atoms with Crippen LogP contribution in [0.2, 0.25) is 0 Å². The van der Waals surface area contributed by atoms with E-state index in [2.05, 4.69) is 31.5 Å². The Morgan fingerprint density at radius 1 is 1.27 bits per heavy atom. The number of amides is 3. The van der Waals surface area contributed by atoms with E-state index in [1.807, 2.05) is 11.8 Å². The number of hydrogen-bond donors (Lipinski definition) is 4. The number of tetrazole rings is 1. The molecule has 4 fully saturated rings. The molecule has 41 heavy (non-hydrogen) atoms. The van der Waals surface area contributed by atoms with Crippen LogP contribution in [-0.4, -0.2) is 115 Å². The lowest BCUT2D eigenvalue weighted by atomic mass is 9.78. The number of fused-ring (bicyclic) bond motifs is 1. The Labute approximate surface area is 242 Å². The van der Waals surface area contributed by atoms with Crippen molar-refractivity contribution in [3.05, 3.63) is 16.9 Å². The number of carbonyl (C=O) groups excluding carboxylic acids is 3. The number of aromatic nitrogens is 4. The average molecular weight is 588 g/mol. The minimum absolute atomic E-state index is 0.0202. The highest BCUT2D eigenvalue weighted by Crippen LogP contribution is 2.52. The van der Waals surface area contributed by atoms with Crippen LogP contribution in [0.3, 0.4) is 0 Å². The molecule has 5 aliphatic rings. The van der Waals surface area contributed by atoms with Gasteiger partial charge in [-0.1, -0.05) is 6.92 Å². The molecule has 0 aromatic carbocycles. The number of carboxylic acids is 1. The third-order valence-corrected chi connectivity index (χ3v) is 11.0. The lowest BCUT2D eigenvalue weighted by Crippen LogP contribution is -2.66. The highest BCUT2D eigenvalue weighted by molar-refractivity contribution is 8.03. The summed E-state index contributed by atoms with van der Waals surface area (Å²) < 4.78 is 1.29. The maximum Gasteiger partial charge on any atom is 0.353 e. The summed E-state index contributed by atoms with van der Waals surface area (Å²) in [5.74, 6) is -2.37. The lowest BCUT2D eigenvalue weighted by Gasteiger charge is -2.47. The number of thioether (sulfide) groups is 1. The van der Waals surface area contributed by atoms with Gasteiger partial charge in [-0.3, -0.25) is 14.4 Å². The van der Waals surface area contributed by atoms with Crippen molar-refractivity contribution in [3.8, 4) is 0 Å². The first-order chi connectivity index (χ1) is 19.7. The van der Waals surface area contributed by atoms with E-state index in [0.29, 0.717) is 17.9 Å². The fourth-order valence-electron chi connectivity index (χ4n) is 7.36. The van der Waals surface area contributed by atoms with Crippen LogP contribution in [0.15, 0.2) is 16.9 Å². The standard InChI is InChI=1S/C26H37N9O5S/c1-14-20-19(15(2)30-18(36)11-34-13-29-31-32-34)24(38)35(20)21(25(39)40)22(14)41-16-9-17(28-10-16)23(37)33-8-5-26(12-33)3-6-27-7-4-26/h13-17,19-20,27-28H,3-12H2,1-2H3,(H,30,36)(H,39,40)/t14-,15?,16+,17+,19-,20-/m1/s1. The molecule has 15 heteroatoms. The number of carbonyl (C=O) groups is 4. The van der Waals surface area contributed by atoms with Gasteiger partial charge in [0.15, 0.2) is 0 Å². The monoisotopic (exact) mass is 587 g/mol. The van der Waals surface area contributed by atoms with Crippen molar-refractivity contribution >= 4 is 35.5 Å². The Hall–Kier alpha value is -3.04. The molecule has 1 aromatic rings. The zero-order valence-corrected chi connectivity index (χ0v) is 24.1. The SMILES string of the molecule is CC(NC(=O)Cn1cnnn1)[C@H]1C(=O)N2C(C(=O)O)=C(S[C@@H]3CN[C@H](C(=O)N4CCC5(CCNCC5)C4)C3)[C@H](C)[C@H]12. The Morgan fingerprint density at radius 2 is 2.05 bits per heavy atom. The Bertz CT molecular complexity index is 1250. The normalized spacial score (nSPS) is 31.4. The van der Waals surface area contributed by atoms with E-state index in [-0.39, 0.29) is 58.6 Å². The van der Waals surface area contributed by atoms with Crippen LogP contribution in [0.5, 0.6) is 0 Å².